The Morgan fingerprint density at radius 2 is 2.00 bits per heavy atom. The van der Waals surface area contributed by atoms with E-state index >= 15 is 0 Å². The van der Waals surface area contributed by atoms with E-state index in [-0.39, 0.29) is 12.4 Å². The maximum Gasteiger partial charge on any atom is 0.0979 e. The molecule has 4 nitrogen and oxygen atoms in total. The zero-order chi connectivity index (χ0) is 11.2. The first-order chi connectivity index (χ1) is 7.92. The monoisotopic (exact) mass is 254 g/mol. The number of rotatable bonds is 5. The molecule has 0 bridgehead atoms. The fourth-order valence-electron chi connectivity index (χ4n) is 1.44. The van der Waals surface area contributed by atoms with Gasteiger partial charge in [-0.25, -0.2) is 0 Å². The van der Waals surface area contributed by atoms with E-state index in [2.05, 4.69) is 10.5 Å². The Bertz CT molecular complexity index is 460. The SMILES string of the molecule is COCCONc1ccnc2ccccc12.Cl. The summed E-state index contributed by atoms with van der Waals surface area (Å²) in [5, 5.41) is 1.04. The van der Waals surface area contributed by atoms with Gasteiger partial charge in [0.1, 0.15) is 0 Å². The van der Waals surface area contributed by atoms with Crippen molar-refractivity contribution in [3.8, 4) is 0 Å². The molecule has 0 saturated carbocycles. The van der Waals surface area contributed by atoms with E-state index in [1.165, 1.54) is 0 Å². The van der Waals surface area contributed by atoms with Gasteiger partial charge >= 0.3 is 0 Å². The standard InChI is InChI=1S/C12H14N2O2.ClH/c1-15-8-9-16-14-12-6-7-13-11-5-3-2-4-10(11)12;/h2-7H,8-9H2,1H3,(H,13,14);1H. The molecule has 1 aromatic heterocycles. The Hall–Kier alpha value is -1.36. The molecule has 17 heavy (non-hydrogen) atoms. The van der Waals surface area contributed by atoms with Gasteiger partial charge in [-0.05, 0) is 12.1 Å². The van der Waals surface area contributed by atoms with Crippen LogP contribution in [0.5, 0.6) is 0 Å². The number of aromatic nitrogens is 1. The lowest BCUT2D eigenvalue weighted by Gasteiger charge is -2.08. The maximum atomic E-state index is 5.27. The first-order valence-corrected chi connectivity index (χ1v) is 5.12. The van der Waals surface area contributed by atoms with Crippen molar-refractivity contribution in [1.29, 1.82) is 0 Å². The summed E-state index contributed by atoms with van der Waals surface area (Å²) in [5.41, 5.74) is 4.77. The largest absolute Gasteiger partial charge is 0.382 e. The van der Waals surface area contributed by atoms with E-state index < -0.39 is 0 Å². The van der Waals surface area contributed by atoms with Gasteiger partial charge in [-0.15, -0.1) is 12.4 Å². The molecular formula is C12H15ClN2O2. The molecule has 0 spiro atoms. The topological polar surface area (TPSA) is 43.4 Å². The first kappa shape index (κ1) is 13.7. The van der Waals surface area contributed by atoms with Crippen LogP contribution in [0.15, 0.2) is 36.5 Å². The third-order valence-corrected chi connectivity index (χ3v) is 2.22. The minimum absolute atomic E-state index is 0. The quantitative estimate of drug-likeness (QED) is 0.658. The molecule has 92 valence electrons. The highest BCUT2D eigenvalue weighted by atomic mass is 35.5. The lowest BCUT2D eigenvalue weighted by Crippen LogP contribution is -2.07. The van der Waals surface area contributed by atoms with Gasteiger partial charge in [0.2, 0.25) is 0 Å². The van der Waals surface area contributed by atoms with Crippen molar-refractivity contribution in [2.75, 3.05) is 25.8 Å². The van der Waals surface area contributed by atoms with Gasteiger partial charge < -0.3 is 4.74 Å². The number of nitrogens with zero attached hydrogens (tertiary/aromatic N) is 1. The van der Waals surface area contributed by atoms with Crippen LogP contribution in [0, 0.1) is 0 Å². The summed E-state index contributed by atoms with van der Waals surface area (Å²) < 4.78 is 4.89. The van der Waals surface area contributed by atoms with Crippen molar-refractivity contribution < 1.29 is 9.57 Å². The van der Waals surface area contributed by atoms with Crippen LogP contribution >= 0.6 is 12.4 Å². The van der Waals surface area contributed by atoms with Crippen LogP contribution < -0.4 is 5.48 Å². The number of fused-ring (bicyclic) bond motifs is 1. The zero-order valence-corrected chi connectivity index (χ0v) is 10.4. The molecular weight excluding hydrogens is 240 g/mol. The van der Waals surface area contributed by atoms with Crippen molar-refractivity contribution in [3.63, 3.8) is 0 Å². The second-order valence-electron chi connectivity index (χ2n) is 3.32. The number of hydrogen-bond donors (Lipinski definition) is 1. The number of pyridine rings is 1. The molecule has 5 heteroatoms. The minimum Gasteiger partial charge on any atom is -0.382 e. The molecule has 1 aromatic carbocycles. The number of benzene rings is 1. The van der Waals surface area contributed by atoms with Gasteiger partial charge in [-0.2, -0.15) is 0 Å². The summed E-state index contributed by atoms with van der Waals surface area (Å²) in [6.45, 7) is 1.07. The lowest BCUT2D eigenvalue weighted by atomic mass is 10.2. The summed E-state index contributed by atoms with van der Waals surface area (Å²) in [6, 6.07) is 9.80. The highest BCUT2D eigenvalue weighted by Gasteiger charge is 1.99. The molecule has 2 rings (SSSR count). The van der Waals surface area contributed by atoms with Gasteiger partial charge in [0.05, 0.1) is 24.4 Å². The second-order valence-corrected chi connectivity index (χ2v) is 3.32. The third-order valence-electron chi connectivity index (χ3n) is 2.22. The molecule has 0 aliphatic carbocycles. The number of hydrogen-bond acceptors (Lipinski definition) is 4. The molecule has 0 unspecified atom stereocenters. The van der Waals surface area contributed by atoms with Gasteiger partial charge in [-0.1, -0.05) is 18.2 Å². The molecule has 0 radical (unpaired) electrons. The summed E-state index contributed by atoms with van der Waals surface area (Å²) in [6.07, 6.45) is 1.75. The summed E-state index contributed by atoms with van der Waals surface area (Å²) in [5.74, 6) is 0. The Balaban J connectivity index is 0.00000144. The predicted molar refractivity (Wildman–Crippen MR) is 70.4 cm³/mol. The van der Waals surface area contributed by atoms with E-state index in [1.807, 2.05) is 30.3 Å². The van der Waals surface area contributed by atoms with Crippen LogP contribution in [0.25, 0.3) is 10.9 Å². The molecule has 1 heterocycles. The average Bonchev–Trinajstić information content (AvgIpc) is 2.35. The van der Waals surface area contributed by atoms with Crippen molar-refractivity contribution >= 4 is 29.0 Å². The Labute approximate surface area is 106 Å². The number of halogens is 1. The molecule has 0 atom stereocenters. The van der Waals surface area contributed by atoms with Crippen LogP contribution in [-0.4, -0.2) is 25.3 Å². The van der Waals surface area contributed by atoms with Crippen molar-refractivity contribution in [2.24, 2.45) is 0 Å². The summed E-state index contributed by atoms with van der Waals surface area (Å²) in [4.78, 5) is 9.53. The van der Waals surface area contributed by atoms with Crippen LogP contribution in [0.3, 0.4) is 0 Å². The average molecular weight is 255 g/mol. The summed E-state index contributed by atoms with van der Waals surface area (Å²) in [7, 11) is 1.64. The zero-order valence-electron chi connectivity index (χ0n) is 9.55. The maximum absolute atomic E-state index is 5.27. The number of methoxy groups -OCH3 is 1. The molecule has 0 amide bonds. The molecule has 2 aromatic rings. The van der Waals surface area contributed by atoms with E-state index in [0.717, 1.165) is 16.6 Å². The highest BCUT2D eigenvalue weighted by Crippen LogP contribution is 2.20. The molecule has 1 N–H and O–H groups in total. The van der Waals surface area contributed by atoms with Crippen LogP contribution in [-0.2, 0) is 9.57 Å². The van der Waals surface area contributed by atoms with E-state index in [4.69, 9.17) is 9.57 Å². The molecule has 0 saturated heterocycles. The molecule has 0 aliphatic heterocycles. The number of nitrogens with one attached hydrogen (secondary N) is 1. The number of anilines is 1. The minimum atomic E-state index is 0. The fourth-order valence-corrected chi connectivity index (χ4v) is 1.44. The van der Waals surface area contributed by atoms with Crippen molar-refractivity contribution in [1.82, 2.24) is 4.98 Å². The van der Waals surface area contributed by atoms with E-state index in [1.54, 1.807) is 13.3 Å². The van der Waals surface area contributed by atoms with Crippen molar-refractivity contribution in [2.45, 2.75) is 0 Å². The first-order valence-electron chi connectivity index (χ1n) is 5.12. The van der Waals surface area contributed by atoms with E-state index in [9.17, 15) is 0 Å². The van der Waals surface area contributed by atoms with Crippen LogP contribution in [0.4, 0.5) is 5.69 Å². The number of ether oxygens (including phenoxy) is 1. The molecule has 0 fully saturated rings. The van der Waals surface area contributed by atoms with Gasteiger partial charge in [0.15, 0.2) is 0 Å². The van der Waals surface area contributed by atoms with Crippen LogP contribution in [0.1, 0.15) is 0 Å². The Kier molecular flexibility index (Phi) is 5.69. The van der Waals surface area contributed by atoms with Gasteiger partial charge in [-0.3, -0.25) is 15.3 Å². The van der Waals surface area contributed by atoms with E-state index in [0.29, 0.717) is 13.2 Å². The smallest absolute Gasteiger partial charge is 0.0979 e. The Morgan fingerprint density at radius 3 is 2.82 bits per heavy atom. The summed E-state index contributed by atoms with van der Waals surface area (Å²) >= 11 is 0. The second kappa shape index (κ2) is 7.06. The predicted octanol–water partition coefficient (Wildman–Crippen LogP) is 2.65. The molecule has 0 aliphatic rings. The highest BCUT2D eigenvalue weighted by molar-refractivity contribution is 5.90. The fraction of sp³-hybridized carbons (Fsp3) is 0.250. The van der Waals surface area contributed by atoms with Crippen molar-refractivity contribution in [3.05, 3.63) is 36.5 Å². The van der Waals surface area contributed by atoms with Crippen LogP contribution in [0.2, 0.25) is 0 Å². The van der Waals surface area contributed by atoms with Gasteiger partial charge in [0.25, 0.3) is 0 Å². The third kappa shape index (κ3) is 3.56. The van der Waals surface area contributed by atoms with Gasteiger partial charge in [0, 0.05) is 18.7 Å². The normalized spacial score (nSPS) is 9.94. The lowest BCUT2D eigenvalue weighted by molar-refractivity contribution is 0.101. The Morgan fingerprint density at radius 1 is 1.18 bits per heavy atom. The number of para-hydroxylation sites is 1.